The van der Waals surface area contributed by atoms with E-state index in [0.717, 1.165) is 44.6 Å². The number of pyridine rings is 1. The van der Waals surface area contributed by atoms with Gasteiger partial charge in [-0.05, 0) is 30.5 Å². The highest BCUT2D eigenvalue weighted by molar-refractivity contribution is 5.93. The van der Waals surface area contributed by atoms with E-state index in [1.54, 1.807) is 18.5 Å². The van der Waals surface area contributed by atoms with E-state index in [1.807, 2.05) is 23.2 Å². The first-order chi connectivity index (χ1) is 12.3. The molecule has 0 bridgehead atoms. The van der Waals surface area contributed by atoms with Crippen molar-refractivity contribution in [2.75, 3.05) is 37.6 Å². The third-order valence-electron chi connectivity index (χ3n) is 4.82. The van der Waals surface area contributed by atoms with E-state index >= 15 is 0 Å². The Labute approximate surface area is 147 Å². The molecule has 2 aromatic heterocycles. The smallest absolute Gasteiger partial charge is 0.273 e. The maximum Gasteiger partial charge on any atom is 0.273 e. The SMILES string of the molecule is O=C(c1ccnc(N2CCCC2)n1)N1CCNCC1c1cccnc1. The molecule has 7 heteroatoms. The first kappa shape index (κ1) is 16.0. The van der Waals surface area contributed by atoms with Crippen LogP contribution in [0.5, 0.6) is 0 Å². The zero-order chi connectivity index (χ0) is 17.1. The van der Waals surface area contributed by atoms with Gasteiger partial charge in [0, 0.05) is 51.3 Å². The highest BCUT2D eigenvalue weighted by Crippen LogP contribution is 2.24. The highest BCUT2D eigenvalue weighted by Gasteiger charge is 2.30. The number of rotatable bonds is 3. The maximum atomic E-state index is 13.1. The van der Waals surface area contributed by atoms with Gasteiger partial charge in [0.15, 0.2) is 0 Å². The van der Waals surface area contributed by atoms with Crippen LogP contribution in [0, 0.1) is 0 Å². The Hall–Kier alpha value is -2.54. The molecular formula is C18H22N6O. The van der Waals surface area contributed by atoms with Crippen LogP contribution in [-0.4, -0.2) is 58.5 Å². The van der Waals surface area contributed by atoms with Crippen LogP contribution in [0.15, 0.2) is 36.8 Å². The molecule has 0 aromatic carbocycles. The first-order valence-corrected chi connectivity index (χ1v) is 8.82. The Balaban J connectivity index is 1.59. The van der Waals surface area contributed by atoms with E-state index in [9.17, 15) is 4.79 Å². The van der Waals surface area contributed by atoms with E-state index in [4.69, 9.17) is 0 Å². The normalized spacial score (nSPS) is 20.7. The summed E-state index contributed by atoms with van der Waals surface area (Å²) in [5.74, 6) is 0.620. The van der Waals surface area contributed by atoms with Crippen molar-refractivity contribution in [3.8, 4) is 0 Å². The van der Waals surface area contributed by atoms with Crippen LogP contribution < -0.4 is 10.2 Å². The van der Waals surface area contributed by atoms with Gasteiger partial charge in [-0.1, -0.05) is 6.07 Å². The molecule has 1 unspecified atom stereocenters. The van der Waals surface area contributed by atoms with Gasteiger partial charge >= 0.3 is 0 Å². The molecule has 2 saturated heterocycles. The molecule has 0 spiro atoms. The third-order valence-corrected chi connectivity index (χ3v) is 4.82. The molecule has 2 fully saturated rings. The van der Waals surface area contributed by atoms with Gasteiger partial charge in [-0.15, -0.1) is 0 Å². The fraction of sp³-hybridized carbons (Fsp3) is 0.444. The molecular weight excluding hydrogens is 316 g/mol. The standard InChI is InChI=1S/C18H22N6O/c25-17(15-5-7-21-18(22-15)23-9-1-2-10-23)24-11-8-20-13-16(24)14-4-3-6-19-12-14/h3-7,12,16,20H,1-2,8-11,13H2. The Kier molecular flexibility index (Phi) is 4.56. The van der Waals surface area contributed by atoms with Crippen molar-refractivity contribution in [3.63, 3.8) is 0 Å². The summed E-state index contributed by atoms with van der Waals surface area (Å²) in [6.07, 6.45) is 7.58. The average molecular weight is 338 g/mol. The summed E-state index contributed by atoms with van der Waals surface area (Å²) in [7, 11) is 0. The minimum Gasteiger partial charge on any atom is -0.341 e. The molecule has 0 radical (unpaired) electrons. The van der Waals surface area contributed by atoms with Crippen molar-refractivity contribution in [2.45, 2.75) is 18.9 Å². The second-order valence-electron chi connectivity index (χ2n) is 6.44. The van der Waals surface area contributed by atoms with E-state index in [-0.39, 0.29) is 11.9 Å². The summed E-state index contributed by atoms with van der Waals surface area (Å²) >= 11 is 0. The molecule has 1 atom stereocenters. The van der Waals surface area contributed by atoms with Crippen molar-refractivity contribution in [2.24, 2.45) is 0 Å². The van der Waals surface area contributed by atoms with Gasteiger partial charge in [0.2, 0.25) is 5.95 Å². The number of hydrogen-bond donors (Lipinski definition) is 1. The molecule has 4 rings (SSSR count). The number of amides is 1. The lowest BCUT2D eigenvalue weighted by Gasteiger charge is -2.36. The maximum absolute atomic E-state index is 13.1. The van der Waals surface area contributed by atoms with Crippen molar-refractivity contribution in [1.29, 1.82) is 0 Å². The fourth-order valence-corrected chi connectivity index (χ4v) is 3.50. The zero-order valence-electron chi connectivity index (χ0n) is 14.1. The van der Waals surface area contributed by atoms with Crippen LogP contribution in [0.4, 0.5) is 5.95 Å². The minimum atomic E-state index is -0.0433. The van der Waals surface area contributed by atoms with Gasteiger partial charge in [0.05, 0.1) is 6.04 Å². The number of anilines is 1. The lowest BCUT2D eigenvalue weighted by atomic mass is 10.0. The molecule has 2 aromatic rings. The van der Waals surface area contributed by atoms with Gasteiger partial charge in [0.25, 0.3) is 5.91 Å². The Bertz CT molecular complexity index is 731. The number of aromatic nitrogens is 3. The van der Waals surface area contributed by atoms with Crippen LogP contribution in [0.1, 0.15) is 34.9 Å². The van der Waals surface area contributed by atoms with Crippen LogP contribution >= 0.6 is 0 Å². The summed E-state index contributed by atoms with van der Waals surface area (Å²) in [5.41, 5.74) is 1.50. The van der Waals surface area contributed by atoms with Gasteiger partial charge in [-0.25, -0.2) is 9.97 Å². The summed E-state index contributed by atoms with van der Waals surface area (Å²) in [5, 5.41) is 3.36. The topological polar surface area (TPSA) is 74.2 Å². The predicted molar refractivity (Wildman–Crippen MR) is 94.4 cm³/mol. The summed E-state index contributed by atoms with van der Waals surface area (Å²) in [4.78, 5) is 30.2. The number of carbonyl (C=O) groups is 1. The largest absolute Gasteiger partial charge is 0.341 e. The summed E-state index contributed by atoms with van der Waals surface area (Å²) in [6, 6.07) is 5.60. The number of nitrogens with zero attached hydrogens (tertiary/aromatic N) is 5. The van der Waals surface area contributed by atoms with Crippen molar-refractivity contribution in [1.82, 2.24) is 25.2 Å². The van der Waals surface area contributed by atoms with Crippen LogP contribution in [0.3, 0.4) is 0 Å². The number of carbonyl (C=O) groups excluding carboxylic acids is 1. The number of nitrogens with one attached hydrogen (secondary N) is 1. The fourth-order valence-electron chi connectivity index (χ4n) is 3.50. The van der Waals surface area contributed by atoms with E-state index in [0.29, 0.717) is 18.2 Å². The molecule has 4 heterocycles. The molecule has 130 valence electrons. The molecule has 2 aliphatic rings. The summed E-state index contributed by atoms with van der Waals surface area (Å²) in [6.45, 7) is 4.09. The van der Waals surface area contributed by atoms with E-state index in [2.05, 4.69) is 25.2 Å². The molecule has 0 aliphatic carbocycles. The molecule has 7 nitrogen and oxygen atoms in total. The first-order valence-electron chi connectivity index (χ1n) is 8.82. The Morgan fingerprint density at radius 1 is 1.16 bits per heavy atom. The summed E-state index contributed by atoms with van der Waals surface area (Å²) < 4.78 is 0. The predicted octanol–water partition coefficient (Wildman–Crippen LogP) is 1.26. The zero-order valence-corrected chi connectivity index (χ0v) is 14.1. The van der Waals surface area contributed by atoms with E-state index in [1.165, 1.54) is 0 Å². The van der Waals surface area contributed by atoms with Gasteiger partial charge in [-0.3, -0.25) is 9.78 Å². The Morgan fingerprint density at radius 2 is 2.04 bits per heavy atom. The van der Waals surface area contributed by atoms with Crippen LogP contribution in [0.2, 0.25) is 0 Å². The quantitative estimate of drug-likeness (QED) is 0.908. The van der Waals surface area contributed by atoms with Crippen LogP contribution in [-0.2, 0) is 0 Å². The van der Waals surface area contributed by atoms with Crippen molar-refractivity contribution in [3.05, 3.63) is 48.0 Å². The van der Waals surface area contributed by atoms with Gasteiger partial charge in [0.1, 0.15) is 5.69 Å². The third kappa shape index (κ3) is 3.32. The molecule has 2 aliphatic heterocycles. The number of hydrogen-bond acceptors (Lipinski definition) is 6. The average Bonchev–Trinajstić information content (AvgIpc) is 3.23. The van der Waals surface area contributed by atoms with Crippen molar-refractivity contribution >= 4 is 11.9 Å². The second kappa shape index (κ2) is 7.14. The van der Waals surface area contributed by atoms with Gasteiger partial charge in [-0.2, -0.15) is 0 Å². The molecule has 0 saturated carbocycles. The van der Waals surface area contributed by atoms with Gasteiger partial charge < -0.3 is 15.1 Å². The minimum absolute atomic E-state index is 0.0276. The van der Waals surface area contributed by atoms with E-state index < -0.39 is 0 Å². The molecule has 1 N–H and O–H groups in total. The Morgan fingerprint density at radius 3 is 2.84 bits per heavy atom. The second-order valence-corrected chi connectivity index (χ2v) is 6.44. The number of piperazine rings is 1. The van der Waals surface area contributed by atoms with Crippen molar-refractivity contribution < 1.29 is 4.79 Å². The molecule has 25 heavy (non-hydrogen) atoms. The van der Waals surface area contributed by atoms with Crippen LogP contribution in [0.25, 0.3) is 0 Å². The monoisotopic (exact) mass is 338 g/mol. The lowest BCUT2D eigenvalue weighted by Crippen LogP contribution is -2.49. The highest BCUT2D eigenvalue weighted by atomic mass is 16.2. The molecule has 1 amide bonds. The lowest BCUT2D eigenvalue weighted by molar-refractivity contribution is 0.0628.